The van der Waals surface area contributed by atoms with E-state index >= 15 is 0 Å². The fraction of sp³-hybridized carbons (Fsp3) is 0.118. The Labute approximate surface area is 124 Å². The van der Waals surface area contributed by atoms with Crippen molar-refractivity contribution in [3.63, 3.8) is 0 Å². The Morgan fingerprint density at radius 3 is 2.41 bits per heavy atom. The van der Waals surface area contributed by atoms with Crippen LogP contribution in [0.15, 0.2) is 54.7 Å². The molecule has 22 heavy (non-hydrogen) atoms. The lowest BCUT2D eigenvalue weighted by Crippen LogP contribution is -2.06. The summed E-state index contributed by atoms with van der Waals surface area (Å²) < 4.78 is 37.5. The lowest BCUT2D eigenvalue weighted by Gasteiger charge is -2.09. The predicted molar refractivity (Wildman–Crippen MR) is 77.7 cm³/mol. The first-order valence-electron chi connectivity index (χ1n) is 6.67. The Morgan fingerprint density at radius 2 is 1.73 bits per heavy atom. The molecule has 3 aromatic rings. The van der Waals surface area contributed by atoms with Crippen molar-refractivity contribution in [3.05, 3.63) is 71.5 Å². The molecule has 0 aliphatic rings. The van der Waals surface area contributed by atoms with Gasteiger partial charge in [0.1, 0.15) is 5.75 Å². The van der Waals surface area contributed by atoms with Gasteiger partial charge in [-0.25, -0.2) is 0 Å². The Bertz CT molecular complexity index is 810. The summed E-state index contributed by atoms with van der Waals surface area (Å²) >= 11 is 0. The van der Waals surface area contributed by atoms with Gasteiger partial charge in [0, 0.05) is 29.3 Å². The maximum absolute atomic E-state index is 12.5. The summed E-state index contributed by atoms with van der Waals surface area (Å²) in [4.78, 5) is 3.83. The second-order valence-corrected chi connectivity index (χ2v) is 5.01. The van der Waals surface area contributed by atoms with E-state index in [0.29, 0.717) is 16.6 Å². The van der Waals surface area contributed by atoms with Crippen molar-refractivity contribution in [1.29, 1.82) is 0 Å². The van der Waals surface area contributed by atoms with Gasteiger partial charge in [-0.3, -0.25) is 4.98 Å². The van der Waals surface area contributed by atoms with Crippen molar-refractivity contribution in [2.24, 2.45) is 0 Å². The monoisotopic (exact) mass is 303 g/mol. The minimum absolute atomic E-state index is 0.139. The largest absolute Gasteiger partial charge is 0.507 e. The number of phenolic OH excluding ortho intramolecular Hbond substituents is 1. The van der Waals surface area contributed by atoms with Crippen LogP contribution in [-0.2, 0) is 12.6 Å². The van der Waals surface area contributed by atoms with Crippen LogP contribution in [0.1, 0.15) is 16.8 Å². The molecule has 2 aromatic carbocycles. The number of aromatic nitrogens is 1. The number of aromatic hydroxyl groups is 1. The van der Waals surface area contributed by atoms with Crippen molar-refractivity contribution in [1.82, 2.24) is 4.98 Å². The zero-order valence-corrected chi connectivity index (χ0v) is 11.4. The van der Waals surface area contributed by atoms with E-state index in [-0.39, 0.29) is 12.2 Å². The van der Waals surface area contributed by atoms with Crippen molar-refractivity contribution in [2.45, 2.75) is 12.6 Å². The SMILES string of the molecule is Oc1c(Cc2ccc(C(F)(F)F)cn2)ccc2ccccc12. The van der Waals surface area contributed by atoms with Gasteiger partial charge >= 0.3 is 6.18 Å². The van der Waals surface area contributed by atoms with Crippen molar-refractivity contribution in [3.8, 4) is 5.75 Å². The number of hydrogen-bond acceptors (Lipinski definition) is 2. The van der Waals surface area contributed by atoms with E-state index in [2.05, 4.69) is 4.98 Å². The molecule has 0 aliphatic carbocycles. The number of hydrogen-bond donors (Lipinski definition) is 1. The summed E-state index contributed by atoms with van der Waals surface area (Å²) in [5.41, 5.74) is 0.323. The zero-order chi connectivity index (χ0) is 15.7. The third-order valence-electron chi connectivity index (χ3n) is 3.51. The molecule has 0 saturated carbocycles. The van der Waals surface area contributed by atoms with E-state index in [9.17, 15) is 18.3 Å². The fourth-order valence-corrected chi connectivity index (χ4v) is 2.33. The van der Waals surface area contributed by atoms with E-state index in [1.807, 2.05) is 24.3 Å². The van der Waals surface area contributed by atoms with Gasteiger partial charge in [-0.1, -0.05) is 36.4 Å². The third-order valence-corrected chi connectivity index (χ3v) is 3.51. The normalized spacial score (nSPS) is 11.8. The van der Waals surface area contributed by atoms with Crippen LogP contribution in [0.3, 0.4) is 0 Å². The molecule has 0 spiro atoms. The number of phenols is 1. The van der Waals surface area contributed by atoms with Crippen LogP contribution in [-0.4, -0.2) is 10.1 Å². The summed E-state index contributed by atoms with van der Waals surface area (Å²) in [5, 5.41) is 11.9. The molecular formula is C17H12F3NO. The van der Waals surface area contributed by atoms with Crippen molar-refractivity contribution < 1.29 is 18.3 Å². The number of pyridine rings is 1. The van der Waals surface area contributed by atoms with Gasteiger partial charge in [-0.2, -0.15) is 13.2 Å². The summed E-state index contributed by atoms with van der Waals surface area (Å²) in [6, 6.07) is 13.3. The number of halogens is 3. The maximum Gasteiger partial charge on any atom is 0.417 e. The van der Waals surface area contributed by atoms with Gasteiger partial charge in [0.25, 0.3) is 0 Å². The Balaban J connectivity index is 1.92. The highest BCUT2D eigenvalue weighted by atomic mass is 19.4. The first kappa shape index (κ1) is 14.4. The van der Waals surface area contributed by atoms with Gasteiger partial charge in [0.2, 0.25) is 0 Å². The minimum atomic E-state index is -4.39. The molecule has 0 fully saturated rings. The molecule has 0 radical (unpaired) electrons. The molecule has 5 heteroatoms. The summed E-state index contributed by atoms with van der Waals surface area (Å²) in [6.07, 6.45) is -3.31. The summed E-state index contributed by atoms with van der Waals surface area (Å²) in [5.74, 6) is 0.139. The maximum atomic E-state index is 12.5. The van der Waals surface area contributed by atoms with Crippen LogP contribution in [0, 0.1) is 0 Å². The molecule has 1 heterocycles. The minimum Gasteiger partial charge on any atom is -0.507 e. The Kier molecular flexibility index (Phi) is 3.48. The molecule has 0 atom stereocenters. The second kappa shape index (κ2) is 5.33. The third kappa shape index (κ3) is 2.74. The quantitative estimate of drug-likeness (QED) is 0.753. The molecule has 0 amide bonds. The smallest absolute Gasteiger partial charge is 0.417 e. The Morgan fingerprint density at radius 1 is 0.955 bits per heavy atom. The predicted octanol–water partition coefficient (Wildman–Crippen LogP) is 4.55. The first-order chi connectivity index (χ1) is 10.4. The molecule has 0 saturated heterocycles. The van der Waals surface area contributed by atoms with Gasteiger partial charge in [-0.05, 0) is 17.5 Å². The van der Waals surface area contributed by atoms with E-state index in [1.165, 1.54) is 6.07 Å². The second-order valence-electron chi connectivity index (χ2n) is 5.01. The van der Waals surface area contributed by atoms with Crippen molar-refractivity contribution >= 4 is 10.8 Å². The topological polar surface area (TPSA) is 33.1 Å². The number of rotatable bonds is 2. The zero-order valence-electron chi connectivity index (χ0n) is 11.4. The van der Waals surface area contributed by atoms with Crippen molar-refractivity contribution in [2.75, 3.05) is 0 Å². The van der Waals surface area contributed by atoms with Gasteiger partial charge in [0.15, 0.2) is 0 Å². The summed E-state index contributed by atoms with van der Waals surface area (Å²) in [7, 11) is 0. The number of alkyl halides is 3. The molecule has 2 nitrogen and oxygen atoms in total. The number of nitrogens with zero attached hydrogens (tertiary/aromatic N) is 1. The van der Waals surface area contributed by atoms with Gasteiger partial charge in [-0.15, -0.1) is 0 Å². The lowest BCUT2D eigenvalue weighted by atomic mass is 10.0. The molecule has 112 valence electrons. The fourth-order valence-electron chi connectivity index (χ4n) is 2.33. The standard InChI is InChI=1S/C17H12F3NO/c18-17(19,20)13-7-8-14(21-10-13)9-12-6-5-11-3-1-2-4-15(11)16(12)22/h1-8,10,22H,9H2. The van der Waals surface area contributed by atoms with Crippen LogP contribution < -0.4 is 0 Å². The first-order valence-corrected chi connectivity index (χ1v) is 6.67. The number of benzene rings is 2. The summed E-state index contributed by atoms with van der Waals surface area (Å²) in [6.45, 7) is 0. The molecular weight excluding hydrogens is 291 g/mol. The van der Waals surface area contributed by atoms with Gasteiger partial charge < -0.3 is 5.11 Å². The molecule has 0 aliphatic heterocycles. The molecule has 3 rings (SSSR count). The highest BCUT2D eigenvalue weighted by Crippen LogP contribution is 2.31. The van der Waals surface area contributed by atoms with E-state index in [0.717, 1.165) is 17.6 Å². The van der Waals surface area contributed by atoms with Crippen LogP contribution in [0.25, 0.3) is 10.8 Å². The highest BCUT2D eigenvalue weighted by molar-refractivity contribution is 5.89. The van der Waals surface area contributed by atoms with Gasteiger partial charge in [0.05, 0.1) is 5.56 Å². The van der Waals surface area contributed by atoms with E-state index < -0.39 is 11.7 Å². The average molecular weight is 303 g/mol. The molecule has 1 aromatic heterocycles. The van der Waals surface area contributed by atoms with Crippen LogP contribution >= 0.6 is 0 Å². The van der Waals surface area contributed by atoms with E-state index in [4.69, 9.17) is 0 Å². The highest BCUT2D eigenvalue weighted by Gasteiger charge is 2.30. The lowest BCUT2D eigenvalue weighted by molar-refractivity contribution is -0.137. The molecule has 0 bridgehead atoms. The number of fused-ring (bicyclic) bond motifs is 1. The van der Waals surface area contributed by atoms with Crippen LogP contribution in [0.5, 0.6) is 5.75 Å². The van der Waals surface area contributed by atoms with Crippen LogP contribution in [0.4, 0.5) is 13.2 Å². The average Bonchev–Trinajstić information content (AvgIpc) is 2.50. The Hall–Kier alpha value is -2.56. The van der Waals surface area contributed by atoms with E-state index in [1.54, 1.807) is 12.1 Å². The molecule has 1 N–H and O–H groups in total. The van der Waals surface area contributed by atoms with Crippen LogP contribution in [0.2, 0.25) is 0 Å². The molecule has 0 unspecified atom stereocenters.